The van der Waals surface area contributed by atoms with Crippen LogP contribution in [0.4, 0.5) is 5.69 Å². The van der Waals surface area contributed by atoms with Gasteiger partial charge in [-0.3, -0.25) is 14.5 Å². The highest BCUT2D eigenvalue weighted by molar-refractivity contribution is 6.36. The average molecular weight is 322 g/mol. The Bertz CT molecular complexity index is 874. The largest absolute Gasteiger partial charge is 0.454 e. The number of nitrogens with one attached hydrogen (secondary N) is 1. The predicted octanol–water partition coefficient (Wildman–Crippen LogP) is 2.24. The highest BCUT2D eigenvalue weighted by atomic mass is 16.7. The number of likely N-dealkylation sites (N-methyl/N-ethyl adjacent to an activating group) is 1. The molecule has 2 aliphatic heterocycles. The van der Waals surface area contributed by atoms with Gasteiger partial charge in [-0.05, 0) is 17.7 Å². The van der Waals surface area contributed by atoms with E-state index in [9.17, 15) is 9.59 Å². The number of benzene rings is 2. The molecular weight excluding hydrogens is 308 g/mol. The minimum Gasteiger partial charge on any atom is -0.454 e. The minimum atomic E-state index is -0.364. The minimum absolute atomic E-state index is 0.177. The Labute approximate surface area is 138 Å². The van der Waals surface area contributed by atoms with Gasteiger partial charge in [-0.15, -0.1) is 0 Å². The molecule has 2 aromatic rings. The molecular formula is C18H14N2O4. The number of nitrogens with zero attached hydrogens (tertiary/aromatic N) is 1. The molecule has 0 unspecified atom stereocenters. The fraction of sp³-hybridized carbons (Fsp3) is 0.111. The van der Waals surface area contributed by atoms with Crippen molar-refractivity contribution >= 4 is 23.1 Å². The number of imide groups is 1. The first kappa shape index (κ1) is 14.3. The van der Waals surface area contributed by atoms with E-state index >= 15 is 0 Å². The first-order chi connectivity index (χ1) is 11.6. The summed E-state index contributed by atoms with van der Waals surface area (Å²) in [7, 11) is 1.47. The second-order valence-electron chi connectivity index (χ2n) is 5.48. The van der Waals surface area contributed by atoms with Crippen molar-refractivity contribution in [2.45, 2.75) is 0 Å². The van der Waals surface area contributed by atoms with Crippen molar-refractivity contribution in [3.8, 4) is 11.5 Å². The van der Waals surface area contributed by atoms with E-state index in [1.807, 2.05) is 18.2 Å². The van der Waals surface area contributed by atoms with Crippen LogP contribution in [0, 0.1) is 0 Å². The Morgan fingerprint density at radius 2 is 1.71 bits per heavy atom. The Morgan fingerprint density at radius 3 is 2.50 bits per heavy atom. The first-order valence-electron chi connectivity index (χ1n) is 7.44. The van der Waals surface area contributed by atoms with Crippen molar-refractivity contribution in [2.75, 3.05) is 19.2 Å². The lowest BCUT2D eigenvalue weighted by Gasteiger charge is -2.09. The van der Waals surface area contributed by atoms with Gasteiger partial charge in [-0.25, -0.2) is 0 Å². The van der Waals surface area contributed by atoms with Crippen molar-refractivity contribution in [2.24, 2.45) is 0 Å². The molecule has 6 heteroatoms. The standard InChI is InChI=1S/C18H14N2O4/c1-20-17(21)15(11-5-3-2-4-6-11)16(18(20)22)19-12-7-8-13-14(9-12)24-10-23-13/h2-9,19H,10H2,1H3. The van der Waals surface area contributed by atoms with Gasteiger partial charge in [0.2, 0.25) is 6.79 Å². The molecule has 2 aliphatic rings. The van der Waals surface area contributed by atoms with Crippen molar-refractivity contribution < 1.29 is 19.1 Å². The number of anilines is 1. The maximum absolute atomic E-state index is 12.5. The molecule has 2 aromatic carbocycles. The summed E-state index contributed by atoms with van der Waals surface area (Å²) in [4.78, 5) is 26.0. The van der Waals surface area contributed by atoms with Gasteiger partial charge in [0.15, 0.2) is 11.5 Å². The Morgan fingerprint density at radius 1 is 0.958 bits per heavy atom. The van der Waals surface area contributed by atoms with Crippen molar-refractivity contribution in [3.63, 3.8) is 0 Å². The number of rotatable bonds is 3. The number of carbonyl (C=O) groups is 2. The van der Waals surface area contributed by atoms with Crippen LogP contribution < -0.4 is 14.8 Å². The molecule has 2 amide bonds. The van der Waals surface area contributed by atoms with Gasteiger partial charge in [0.05, 0.1) is 5.57 Å². The molecule has 0 bridgehead atoms. The molecule has 0 aromatic heterocycles. The van der Waals surface area contributed by atoms with E-state index < -0.39 is 0 Å². The van der Waals surface area contributed by atoms with Crippen LogP contribution in [-0.2, 0) is 9.59 Å². The van der Waals surface area contributed by atoms with Crippen LogP contribution in [0.1, 0.15) is 5.56 Å². The lowest BCUT2D eigenvalue weighted by atomic mass is 10.0. The zero-order valence-corrected chi connectivity index (χ0v) is 12.9. The zero-order chi connectivity index (χ0) is 16.7. The lowest BCUT2D eigenvalue weighted by Crippen LogP contribution is -2.27. The smallest absolute Gasteiger partial charge is 0.277 e. The molecule has 120 valence electrons. The third-order valence-electron chi connectivity index (χ3n) is 3.99. The van der Waals surface area contributed by atoms with Gasteiger partial charge < -0.3 is 14.8 Å². The number of carbonyl (C=O) groups excluding carboxylic acids is 2. The molecule has 0 fully saturated rings. The lowest BCUT2D eigenvalue weighted by molar-refractivity contribution is -0.135. The fourth-order valence-electron chi connectivity index (χ4n) is 2.75. The van der Waals surface area contributed by atoms with Crippen LogP contribution in [0.15, 0.2) is 54.2 Å². The SMILES string of the molecule is CN1C(=O)C(Nc2ccc3c(c2)OCO3)=C(c2ccccc2)C1=O. The number of hydrogen-bond donors (Lipinski definition) is 1. The summed E-state index contributed by atoms with van der Waals surface area (Å²) >= 11 is 0. The molecule has 6 nitrogen and oxygen atoms in total. The average Bonchev–Trinajstić information content (AvgIpc) is 3.15. The molecule has 2 heterocycles. The van der Waals surface area contributed by atoms with Gasteiger partial charge in [-0.2, -0.15) is 0 Å². The van der Waals surface area contributed by atoms with Gasteiger partial charge >= 0.3 is 0 Å². The van der Waals surface area contributed by atoms with E-state index in [0.29, 0.717) is 28.3 Å². The highest BCUT2D eigenvalue weighted by Gasteiger charge is 2.36. The van der Waals surface area contributed by atoms with E-state index in [1.165, 1.54) is 7.05 Å². The zero-order valence-electron chi connectivity index (χ0n) is 12.9. The number of amides is 2. The monoisotopic (exact) mass is 322 g/mol. The third kappa shape index (κ3) is 2.20. The van der Waals surface area contributed by atoms with Crippen LogP contribution in [0.5, 0.6) is 11.5 Å². The van der Waals surface area contributed by atoms with Gasteiger partial charge in [-0.1, -0.05) is 30.3 Å². The molecule has 4 rings (SSSR count). The maximum Gasteiger partial charge on any atom is 0.277 e. The van der Waals surface area contributed by atoms with Gasteiger partial charge in [0, 0.05) is 18.8 Å². The van der Waals surface area contributed by atoms with E-state index in [4.69, 9.17) is 9.47 Å². The summed E-state index contributed by atoms with van der Waals surface area (Å²) < 4.78 is 10.6. The third-order valence-corrected chi connectivity index (χ3v) is 3.99. The fourth-order valence-corrected chi connectivity index (χ4v) is 2.75. The van der Waals surface area contributed by atoms with Crippen molar-refractivity contribution in [3.05, 3.63) is 59.8 Å². The molecule has 0 atom stereocenters. The van der Waals surface area contributed by atoms with E-state index in [0.717, 1.165) is 4.90 Å². The molecule has 0 aliphatic carbocycles. The number of hydrogen-bond acceptors (Lipinski definition) is 5. The second-order valence-corrected chi connectivity index (χ2v) is 5.48. The Kier molecular flexibility index (Phi) is 3.23. The maximum atomic E-state index is 12.5. The summed E-state index contributed by atoms with van der Waals surface area (Å²) in [6.07, 6.45) is 0. The summed E-state index contributed by atoms with van der Waals surface area (Å²) in [5.41, 5.74) is 1.97. The summed E-state index contributed by atoms with van der Waals surface area (Å²) in [5, 5.41) is 3.06. The quantitative estimate of drug-likeness (QED) is 0.878. The van der Waals surface area contributed by atoms with E-state index in [2.05, 4.69) is 5.32 Å². The van der Waals surface area contributed by atoms with Crippen LogP contribution in [-0.4, -0.2) is 30.6 Å². The number of fused-ring (bicyclic) bond motifs is 1. The molecule has 0 spiro atoms. The Hall–Kier alpha value is -3.28. The number of ether oxygens (including phenoxy) is 2. The molecule has 0 radical (unpaired) electrons. The summed E-state index contributed by atoms with van der Waals surface area (Å²) in [6.45, 7) is 0.177. The Balaban J connectivity index is 1.76. The first-order valence-corrected chi connectivity index (χ1v) is 7.44. The van der Waals surface area contributed by atoms with Crippen LogP contribution in [0.2, 0.25) is 0 Å². The van der Waals surface area contributed by atoms with Crippen LogP contribution in [0.3, 0.4) is 0 Å². The van der Waals surface area contributed by atoms with E-state index in [-0.39, 0.29) is 24.3 Å². The van der Waals surface area contributed by atoms with Crippen LogP contribution in [0.25, 0.3) is 5.57 Å². The molecule has 0 saturated carbocycles. The summed E-state index contributed by atoms with van der Waals surface area (Å²) in [5.74, 6) is 0.571. The highest BCUT2D eigenvalue weighted by Crippen LogP contribution is 2.36. The second kappa shape index (κ2) is 5.42. The van der Waals surface area contributed by atoms with Crippen molar-refractivity contribution in [1.29, 1.82) is 0 Å². The molecule has 24 heavy (non-hydrogen) atoms. The normalized spacial score (nSPS) is 16.1. The van der Waals surface area contributed by atoms with Crippen LogP contribution >= 0.6 is 0 Å². The van der Waals surface area contributed by atoms with E-state index in [1.54, 1.807) is 30.3 Å². The predicted molar refractivity (Wildman–Crippen MR) is 87.3 cm³/mol. The summed E-state index contributed by atoms with van der Waals surface area (Å²) in [6, 6.07) is 14.4. The van der Waals surface area contributed by atoms with Gasteiger partial charge in [0.25, 0.3) is 11.8 Å². The van der Waals surface area contributed by atoms with Gasteiger partial charge in [0.1, 0.15) is 5.70 Å². The molecule has 0 saturated heterocycles. The molecule has 1 N–H and O–H groups in total. The topological polar surface area (TPSA) is 67.9 Å². The van der Waals surface area contributed by atoms with Crippen molar-refractivity contribution in [1.82, 2.24) is 4.90 Å².